The molecule has 3 heteroatoms. The van der Waals surface area contributed by atoms with Crippen molar-refractivity contribution in [1.82, 2.24) is 5.32 Å². The van der Waals surface area contributed by atoms with E-state index < -0.39 is 0 Å². The normalized spacial score (nSPS) is 21.4. The van der Waals surface area contributed by atoms with E-state index in [1.807, 2.05) is 24.3 Å². The quantitative estimate of drug-likeness (QED) is 0.727. The van der Waals surface area contributed by atoms with Crippen molar-refractivity contribution in [2.24, 2.45) is 0 Å². The molecule has 0 radical (unpaired) electrons. The molecule has 1 aromatic carbocycles. The lowest BCUT2D eigenvalue weighted by Gasteiger charge is -2.17. The highest BCUT2D eigenvalue weighted by atomic mass is 16.3. The maximum Gasteiger partial charge on any atom is 0.0681 e. The van der Waals surface area contributed by atoms with Crippen LogP contribution >= 0.6 is 0 Å². The maximum absolute atomic E-state index is 8.96. The molecular weight excluding hydrogens is 200 g/mol. The Morgan fingerprint density at radius 2 is 2.00 bits per heavy atom. The summed E-state index contributed by atoms with van der Waals surface area (Å²) in [5, 5.41) is 15.9. The Labute approximate surface area is 96.9 Å². The van der Waals surface area contributed by atoms with Crippen molar-refractivity contribution < 1.29 is 5.11 Å². The summed E-state index contributed by atoms with van der Waals surface area (Å²) < 4.78 is 0. The highest BCUT2D eigenvalue weighted by molar-refractivity contribution is 5.45. The molecule has 2 rings (SSSR count). The van der Waals surface area contributed by atoms with Crippen molar-refractivity contribution in [3.05, 3.63) is 29.8 Å². The molecule has 88 valence electrons. The van der Waals surface area contributed by atoms with Crippen molar-refractivity contribution in [2.75, 3.05) is 18.4 Å². The third-order valence-electron chi connectivity index (χ3n) is 3.08. The van der Waals surface area contributed by atoms with Gasteiger partial charge >= 0.3 is 0 Å². The summed E-state index contributed by atoms with van der Waals surface area (Å²) in [5.74, 6) is 0. The summed E-state index contributed by atoms with van der Waals surface area (Å²) in [7, 11) is 0. The standard InChI is InChI=1S/C13H20N2O/c16-10-11-3-5-13(6-4-11)15-12-2-1-8-14-9-7-12/h3-6,12,14-16H,1-2,7-10H2. The van der Waals surface area contributed by atoms with E-state index in [2.05, 4.69) is 10.6 Å². The molecule has 0 aliphatic carbocycles. The number of anilines is 1. The first-order valence-electron chi connectivity index (χ1n) is 6.05. The molecule has 0 amide bonds. The van der Waals surface area contributed by atoms with Crippen LogP contribution in [0, 0.1) is 0 Å². The Morgan fingerprint density at radius 1 is 1.19 bits per heavy atom. The van der Waals surface area contributed by atoms with Crippen LogP contribution in [0.1, 0.15) is 24.8 Å². The lowest BCUT2D eigenvalue weighted by molar-refractivity contribution is 0.282. The predicted molar refractivity (Wildman–Crippen MR) is 66.5 cm³/mol. The fourth-order valence-electron chi connectivity index (χ4n) is 2.11. The fraction of sp³-hybridized carbons (Fsp3) is 0.538. The van der Waals surface area contributed by atoms with Gasteiger partial charge in [-0.05, 0) is 50.0 Å². The van der Waals surface area contributed by atoms with E-state index in [9.17, 15) is 0 Å². The molecule has 0 bridgehead atoms. The molecule has 1 saturated heterocycles. The second kappa shape index (κ2) is 5.87. The van der Waals surface area contributed by atoms with Gasteiger partial charge in [-0.25, -0.2) is 0 Å². The van der Waals surface area contributed by atoms with E-state index in [0.29, 0.717) is 6.04 Å². The van der Waals surface area contributed by atoms with Gasteiger partial charge in [0.25, 0.3) is 0 Å². The molecule has 1 heterocycles. The minimum atomic E-state index is 0.119. The van der Waals surface area contributed by atoms with E-state index in [4.69, 9.17) is 5.11 Å². The molecule has 1 aliphatic rings. The van der Waals surface area contributed by atoms with Gasteiger partial charge in [0.2, 0.25) is 0 Å². The van der Waals surface area contributed by atoms with Crippen LogP contribution in [0.25, 0.3) is 0 Å². The van der Waals surface area contributed by atoms with Crippen molar-refractivity contribution in [1.29, 1.82) is 0 Å². The van der Waals surface area contributed by atoms with Crippen molar-refractivity contribution in [2.45, 2.75) is 31.9 Å². The number of aliphatic hydroxyl groups is 1. The molecule has 1 fully saturated rings. The zero-order chi connectivity index (χ0) is 11.2. The Bertz CT molecular complexity index is 302. The molecule has 16 heavy (non-hydrogen) atoms. The molecule has 0 spiro atoms. The van der Waals surface area contributed by atoms with Gasteiger partial charge in [-0.2, -0.15) is 0 Å². The van der Waals surface area contributed by atoms with Gasteiger partial charge in [0.05, 0.1) is 6.61 Å². The monoisotopic (exact) mass is 220 g/mol. The zero-order valence-corrected chi connectivity index (χ0v) is 9.58. The van der Waals surface area contributed by atoms with Gasteiger partial charge in [-0.3, -0.25) is 0 Å². The highest BCUT2D eigenvalue weighted by Crippen LogP contribution is 2.15. The summed E-state index contributed by atoms with van der Waals surface area (Å²) in [6, 6.07) is 8.61. The topological polar surface area (TPSA) is 44.3 Å². The number of hydrogen-bond donors (Lipinski definition) is 3. The molecule has 1 aromatic rings. The van der Waals surface area contributed by atoms with Crippen molar-refractivity contribution in [3.8, 4) is 0 Å². The van der Waals surface area contributed by atoms with Crippen LogP contribution in [-0.4, -0.2) is 24.2 Å². The summed E-state index contributed by atoms with van der Waals surface area (Å²) in [6.07, 6.45) is 3.66. The first kappa shape index (κ1) is 11.4. The summed E-state index contributed by atoms with van der Waals surface area (Å²) in [6.45, 7) is 2.36. The molecule has 1 atom stereocenters. The second-order valence-corrected chi connectivity index (χ2v) is 4.38. The third kappa shape index (κ3) is 3.22. The van der Waals surface area contributed by atoms with Crippen LogP contribution < -0.4 is 10.6 Å². The lowest BCUT2D eigenvalue weighted by atomic mass is 10.1. The SMILES string of the molecule is OCc1ccc(NC2CCCNCC2)cc1. The molecule has 1 aliphatic heterocycles. The minimum absolute atomic E-state index is 0.119. The molecule has 3 nitrogen and oxygen atoms in total. The average molecular weight is 220 g/mol. The zero-order valence-electron chi connectivity index (χ0n) is 9.58. The van der Waals surface area contributed by atoms with Gasteiger partial charge in [-0.15, -0.1) is 0 Å². The van der Waals surface area contributed by atoms with Crippen LogP contribution in [0.15, 0.2) is 24.3 Å². The smallest absolute Gasteiger partial charge is 0.0681 e. The first-order chi connectivity index (χ1) is 7.88. The number of aliphatic hydroxyl groups excluding tert-OH is 1. The van der Waals surface area contributed by atoms with E-state index in [-0.39, 0.29) is 6.61 Å². The van der Waals surface area contributed by atoms with E-state index in [1.165, 1.54) is 19.3 Å². The van der Waals surface area contributed by atoms with Gasteiger partial charge in [0, 0.05) is 11.7 Å². The van der Waals surface area contributed by atoms with E-state index in [0.717, 1.165) is 24.3 Å². The fourth-order valence-corrected chi connectivity index (χ4v) is 2.11. The largest absolute Gasteiger partial charge is 0.392 e. The van der Waals surface area contributed by atoms with Crippen molar-refractivity contribution >= 4 is 5.69 Å². The third-order valence-corrected chi connectivity index (χ3v) is 3.08. The van der Waals surface area contributed by atoms with Gasteiger partial charge in [-0.1, -0.05) is 12.1 Å². The number of nitrogens with one attached hydrogen (secondary N) is 2. The van der Waals surface area contributed by atoms with Gasteiger partial charge in [0.1, 0.15) is 0 Å². The van der Waals surface area contributed by atoms with Crippen LogP contribution in [0.5, 0.6) is 0 Å². The molecule has 1 unspecified atom stereocenters. The Balaban J connectivity index is 1.91. The average Bonchev–Trinajstić information content (AvgIpc) is 2.59. The first-order valence-corrected chi connectivity index (χ1v) is 6.05. The van der Waals surface area contributed by atoms with E-state index in [1.54, 1.807) is 0 Å². The highest BCUT2D eigenvalue weighted by Gasteiger charge is 2.10. The summed E-state index contributed by atoms with van der Waals surface area (Å²) in [4.78, 5) is 0. The number of benzene rings is 1. The van der Waals surface area contributed by atoms with Crippen LogP contribution in [0.3, 0.4) is 0 Å². The molecule has 0 saturated carbocycles. The Hall–Kier alpha value is -1.06. The van der Waals surface area contributed by atoms with Crippen molar-refractivity contribution in [3.63, 3.8) is 0 Å². The van der Waals surface area contributed by atoms with E-state index >= 15 is 0 Å². The summed E-state index contributed by atoms with van der Waals surface area (Å²) >= 11 is 0. The Kier molecular flexibility index (Phi) is 4.19. The second-order valence-electron chi connectivity index (χ2n) is 4.38. The minimum Gasteiger partial charge on any atom is -0.392 e. The number of hydrogen-bond acceptors (Lipinski definition) is 3. The Morgan fingerprint density at radius 3 is 2.75 bits per heavy atom. The predicted octanol–water partition coefficient (Wildman–Crippen LogP) is 1.73. The maximum atomic E-state index is 8.96. The molecule has 0 aromatic heterocycles. The molecule has 3 N–H and O–H groups in total. The van der Waals surface area contributed by atoms with Crippen LogP contribution in [0.4, 0.5) is 5.69 Å². The molecular formula is C13H20N2O. The number of rotatable bonds is 3. The summed E-state index contributed by atoms with van der Waals surface area (Å²) in [5.41, 5.74) is 2.12. The lowest BCUT2D eigenvalue weighted by Crippen LogP contribution is -2.21. The van der Waals surface area contributed by atoms with Crippen LogP contribution in [0.2, 0.25) is 0 Å². The van der Waals surface area contributed by atoms with Gasteiger partial charge in [0.15, 0.2) is 0 Å². The van der Waals surface area contributed by atoms with Gasteiger partial charge < -0.3 is 15.7 Å². The van der Waals surface area contributed by atoms with Crippen LogP contribution in [-0.2, 0) is 6.61 Å².